The Bertz CT molecular complexity index is 828. The molecule has 0 aliphatic carbocycles. The molecule has 2 aromatic rings. The first-order valence-corrected chi connectivity index (χ1v) is 11.4. The fraction of sp³-hybridized carbons (Fsp3) is 0.423. The van der Waals surface area contributed by atoms with Gasteiger partial charge in [0, 0.05) is 37.9 Å². The van der Waals surface area contributed by atoms with Crippen LogP contribution in [0.2, 0.25) is 0 Å². The summed E-state index contributed by atoms with van der Waals surface area (Å²) < 4.78 is 0. The maximum absolute atomic E-state index is 4.15. The Morgan fingerprint density at radius 2 is 1.77 bits per heavy atom. The van der Waals surface area contributed by atoms with Crippen molar-refractivity contribution in [2.24, 2.45) is 10.9 Å². The van der Waals surface area contributed by atoms with E-state index in [0.717, 1.165) is 50.4 Å². The third kappa shape index (κ3) is 6.50. The smallest absolute Gasteiger partial charge is 0.0840 e. The van der Waals surface area contributed by atoms with E-state index in [-0.39, 0.29) is 6.17 Å². The Morgan fingerprint density at radius 3 is 2.45 bits per heavy atom. The molecule has 1 aliphatic heterocycles. The van der Waals surface area contributed by atoms with Gasteiger partial charge in [0.25, 0.3) is 0 Å². The number of nitrogens with one attached hydrogen (secondary N) is 4. The largest absolute Gasteiger partial charge is 0.385 e. The molecule has 1 aliphatic rings. The summed E-state index contributed by atoms with van der Waals surface area (Å²) in [6.07, 6.45) is 1.23. The lowest BCUT2D eigenvalue weighted by molar-refractivity contribution is 0.238. The van der Waals surface area contributed by atoms with Crippen molar-refractivity contribution in [2.45, 2.75) is 39.0 Å². The molecule has 1 saturated heterocycles. The van der Waals surface area contributed by atoms with Crippen LogP contribution in [0.5, 0.6) is 0 Å². The molecule has 0 amide bonds. The molecule has 3 unspecified atom stereocenters. The highest BCUT2D eigenvalue weighted by Crippen LogP contribution is 2.29. The molecule has 1 heterocycles. The van der Waals surface area contributed by atoms with Crippen molar-refractivity contribution < 1.29 is 0 Å². The number of benzene rings is 2. The number of rotatable bonds is 11. The maximum atomic E-state index is 4.15. The predicted molar refractivity (Wildman–Crippen MR) is 132 cm³/mol. The van der Waals surface area contributed by atoms with Gasteiger partial charge in [0.05, 0.1) is 12.7 Å². The molecule has 1 fully saturated rings. The number of hydrogen-bond donors (Lipinski definition) is 4. The summed E-state index contributed by atoms with van der Waals surface area (Å²) in [5.41, 5.74) is 6.01. The standard InChI is InChI=1S/C26H37N5/c1-5-14-29-20(3)22-10-12-24(13-11-22)26-30-17-19(2)25(31-26)23-8-6-21(7-9-23)18-28-16-15-27-4/h6-13,19,25-26,28-31H,3-5,14-18H2,1-2H3. The molecule has 3 atom stereocenters. The summed E-state index contributed by atoms with van der Waals surface area (Å²) in [7, 11) is 0. The van der Waals surface area contributed by atoms with E-state index >= 15 is 0 Å². The summed E-state index contributed by atoms with van der Waals surface area (Å²) in [6.45, 7) is 16.5. The van der Waals surface area contributed by atoms with Gasteiger partial charge in [-0.2, -0.15) is 0 Å². The van der Waals surface area contributed by atoms with E-state index in [0.29, 0.717) is 12.0 Å². The van der Waals surface area contributed by atoms with Crippen LogP contribution in [0.15, 0.2) is 60.1 Å². The Balaban J connectivity index is 1.62. The molecule has 3 rings (SSSR count). The van der Waals surface area contributed by atoms with Gasteiger partial charge in [0.1, 0.15) is 0 Å². The van der Waals surface area contributed by atoms with Crippen LogP contribution in [-0.4, -0.2) is 32.9 Å². The van der Waals surface area contributed by atoms with Crippen molar-refractivity contribution in [1.29, 1.82) is 0 Å². The van der Waals surface area contributed by atoms with E-state index in [2.05, 4.69) is 102 Å². The monoisotopic (exact) mass is 419 g/mol. The van der Waals surface area contributed by atoms with Gasteiger partial charge >= 0.3 is 0 Å². The lowest BCUT2D eigenvalue weighted by Crippen LogP contribution is -2.47. The molecule has 0 aromatic heterocycles. The van der Waals surface area contributed by atoms with Gasteiger partial charge in [-0.25, -0.2) is 0 Å². The molecule has 4 N–H and O–H groups in total. The van der Waals surface area contributed by atoms with E-state index in [1.807, 2.05) is 0 Å². The highest BCUT2D eigenvalue weighted by atomic mass is 15.2. The highest BCUT2D eigenvalue weighted by molar-refractivity contribution is 5.61. The van der Waals surface area contributed by atoms with Crippen LogP contribution in [0, 0.1) is 5.92 Å². The Labute approximate surface area is 187 Å². The third-order valence-corrected chi connectivity index (χ3v) is 5.85. The van der Waals surface area contributed by atoms with Gasteiger partial charge in [-0.1, -0.05) is 69.0 Å². The van der Waals surface area contributed by atoms with Gasteiger partial charge in [-0.05, 0) is 41.3 Å². The van der Waals surface area contributed by atoms with Gasteiger partial charge in [0.15, 0.2) is 0 Å². The number of aliphatic imine (C=N–C) groups is 1. The summed E-state index contributed by atoms with van der Waals surface area (Å²) >= 11 is 0. The van der Waals surface area contributed by atoms with Crippen molar-refractivity contribution in [2.75, 3.05) is 26.2 Å². The molecular weight excluding hydrogens is 382 g/mol. The molecule has 5 nitrogen and oxygen atoms in total. The van der Waals surface area contributed by atoms with E-state index in [1.54, 1.807) is 0 Å². The van der Waals surface area contributed by atoms with Gasteiger partial charge in [-0.15, -0.1) is 0 Å². The second-order valence-corrected chi connectivity index (χ2v) is 8.36. The fourth-order valence-corrected chi connectivity index (χ4v) is 3.95. The first-order chi connectivity index (χ1) is 15.1. The minimum atomic E-state index is 0.139. The molecule has 0 bridgehead atoms. The minimum absolute atomic E-state index is 0.139. The van der Waals surface area contributed by atoms with E-state index < -0.39 is 0 Å². The van der Waals surface area contributed by atoms with Crippen LogP contribution in [0.25, 0.3) is 5.70 Å². The minimum Gasteiger partial charge on any atom is -0.385 e. The molecule has 0 saturated carbocycles. The van der Waals surface area contributed by atoms with Crippen LogP contribution in [-0.2, 0) is 6.54 Å². The van der Waals surface area contributed by atoms with E-state index in [4.69, 9.17) is 0 Å². The van der Waals surface area contributed by atoms with Crippen LogP contribution in [0.3, 0.4) is 0 Å². The first kappa shape index (κ1) is 23.2. The second-order valence-electron chi connectivity index (χ2n) is 8.36. The second kappa shape index (κ2) is 11.8. The zero-order chi connectivity index (χ0) is 22.1. The maximum Gasteiger partial charge on any atom is 0.0840 e. The van der Waals surface area contributed by atoms with Gasteiger partial charge in [0.2, 0.25) is 0 Å². The third-order valence-electron chi connectivity index (χ3n) is 5.85. The van der Waals surface area contributed by atoms with Crippen molar-refractivity contribution >= 4 is 12.4 Å². The number of hydrogen-bond acceptors (Lipinski definition) is 5. The van der Waals surface area contributed by atoms with Crippen molar-refractivity contribution in [1.82, 2.24) is 21.3 Å². The first-order valence-electron chi connectivity index (χ1n) is 11.4. The molecule has 2 aromatic carbocycles. The summed E-state index contributed by atoms with van der Waals surface area (Å²) in [5, 5.41) is 14.2. The Kier molecular flexibility index (Phi) is 8.83. The SMILES string of the molecule is C=NCCNCc1ccc(C2NC(c3ccc(C(=C)NCCC)cc3)NCC2C)cc1. The predicted octanol–water partition coefficient (Wildman–Crippen LogP) is 4.02. The zero-order valence-corrected chi connectivity index (χ0v) is 19.0. The summed E-state index contributed by atoms with van der Waals surface area (Å²) in [4.78, 5) is 3.87. The average Bonchev–Trinajstić information content (AvgIpc) is 2.81. The molecule has 5 heteroatoms. The Hall–Kier alpha value is -2.47. The summed E-state index contributed by atoms with van der Waals surface area (Å²) in [5.74, 6) is 0.510. The van der Waals surface area contributed by atoms with Crippen LogP contribution in [0.4, 0.5) is 0 Å². The van der Waals surface area contributed by atoms with E-state index in [1.165, 1.54) is 16.7 Å². The van der Waals surface area contributed by atoms with Crippen LogP contribution in [0.1, 0.15) is 54.7 Å². The Morgan fingerprint density at radius 1 is 1.06 bits per heavy atom. The molecule has 0 radical (unpaired) electrons. The fourth-order valence-electron chi connectivity index (χ4n) is 3.95. The topological polar surface area (TPSA) is 60.5 Å². The van der Waals surface area contributed by atoms with Crippen molar-refractivity contribution in [3.8, 4) is 0 Å². The number of nitrogens with zero attached hydrogens (tertiary/aromatic N) is 1. The molecule has 0 spiro atoms. The summed E-state index contributed by atoms with van der Waals surface area (Å²) in [6, 6.07) is 18.0. The van der Waals surface area contributed by atoms with Gasteiger partial charge in [-0.3, -0.25) is 15.6 Å². The average molecular weight is 420 g/mol. The lowest BCUT2D eigenvalue weighted by Gasteiger charge is -2.37. The molecule has 31 heavy (non-hydrogen) atoms. The van der Waals surface area contributed by atoms with Crippen LogP contribution >= 0.6 is 0 Å². The highest BCUT2D eigenvalue weighted by Gasteiger charge is 2.28. The zero-order valence-electron chi connectivity index (χ0n) is 19.0. The van der Waals surface area contributed by atoms with Gasteiger partial charge < -0.3 is 10.6 Å². The molecular formula is C26H37N5. The normalized spacial score (nSPS) is 20.9. The van der Waals surface area contributed by atoms with Crippen molar-refractivity contribution in [3.05, 3.63) is 77.4 Å². The lowest BCUT2D eigenvalue weighted by atomic mass is 9.90. The van der Waals surface area contributed by atoms with Crippen molar-refractivity contribution in [3.63, 3.8) is 0 Å². The molecule has 166 valence electrons. The van der Waals surface area contributed by atoms with E-state index in [9.17, 15) is 0 Å². The quantitative estimate of drug-likeness (QED) is 0.328. The van der Waals surface area contributed by atoms with Crippen LogP contribution < -0.4 is 21.3 Å².